The first-order chi connectivity index (χ1) is 14.9. The second kappa shape index (κ2) is 9.36. The standard InChI is InChI=1S/C21H16O6S2.CH2O/c22-28(23,20-13-5-9-16-7-1-3-11-18(16)20)26-15-27-29(24,25)21-14-6-10-17-8-2-4-12-19(17)21;1-2/h1-14H,15H2;1H2. The van der Waals surface area contributed by atoms with E-state index in [0.717, 1.165) is 10.8 Å². The van der Waals surface area contributed by atoms with E-state index < -0.39 is 27.0 Å². The predicted octanol–water partition coefficient (Wildman–Crippen LogP) is 3.88. The molecule has 4 aromatic rings. The lowest BCUT2D eigenvalue weighted by Crippen LogP contribution is -2.14. The summed E-state index contributed by atoms with van der Waals surface area (Å²) < 4.78 is 60.1. The Balaban J connectivity index is 0.00000132. The van der Waals surface area contributed by atoms with E-state index in [4.69, 9.17) is 13.2 Å². The highest BCUT2D eigenvalue weighted by atomic mass is 32.2. The zero-order valence-electron chi connectivity index (χ0n) is 16.2. The van der Waals surface area contributed by atoms with Crippen LogP contribution >= 0.6 is 0 Å². The molecule has 31 heavy (non-hydrogen) atoms. The van der Waals surface area contributed by atoms with Crippen LogP contribution in [0.2, 0.25) is 0 Å². The molecule has 0 saturated heterocycles. The highest BCUT2D eigenvalue weighted by Crippen LogP contribution is 2.26. The zero-order chi connectivity index (χ0) is 22.5. The van der Waals surface area contributed by atoms with Gasteiger partial charge in [-0.25, -0.2) is 8.37 Å². The number of hydrogen-bond acceptors (Lipinski definition) is 7. The van der Waals surface area contributed by atoms with Gasteiger partial charge < -0.3 is 4.79 Å². The number of benzene rings is 4. The first-order valence-corrected chi connectivity index (χ1v) is 11.7. The Hall–Kier alpha value is -3.11. The number of rotatable bonds is 6. The molecule has 0 aliphatic carbocycles. The summed E-state index contributed by atoms with van der Waals surface area (Å²) in [4.78, 5) is 7.89. The molecule has 0 N–H and O–H groups in total. The van der Waals surface area contributed by atoms with Crippen LogP contribution in [0.4, 0.5) is 0 Å². The fraction of sp³-hybridized carbons (Fsp3) is 0.0455. The van der Waals surface area contributed by atoms with Crippen LogP contribution in [0.25, 0.3) is 21.5 Å². The first kappa shape index (κ1) is 22.6. The molecule has 0 aliphatic heterocycles. The van der Waals surface area contributed by atoms with Crippen molar-refractivity contribution in [2.24, 2.45) is 0 Å². The van der Waals surface area contributed by atoms with Gasteiger partial charge in [0.1, 0.15) is 16.6 Å². The van der Waals surface area contributed by atoms with Gasteiger partial charge in [-0.1, -0.05) is 72.8 Å². The third-order valence-corrected chi connectivity index (χ3v) is 7.05. The largest absolute Gasteiger partial charge is 0.307 e. The van der Waals surface area contributed by atoms with Crippen molar-refractivity contribution in [2.75, 3.05) is 6.79 Å². The molecule has 0 amide bonds. The van der Waals surface area contributed by atoms with E-state index in [1.54, 1.807) is 72.8 Å². The van der Waals surface area contributed by atoms with E-state index >= 15 is 0 Å². The molecule has 0 bridgehead atoms. The van der Waals surface area contributed by atoms with Crippen molar-refractivity contribution in [3.8, 4) is 0 Å². The van der Waals surface area contributed by atoms with E-state index in [9.17, 15) is 16.8 Å². The molecular weight excluding hydrogens is 440 g/mol. The Bertz CT molecular complexity index is 1310. The van der Waals surface area contributed by atoms with Crippen LogP contribution in [0.3, 0.4) is 0 Å². The number of carbonyl (C=O) groups is 1. The van der Waals surface area contributed by atoms with Gasteiger partial charge in [-0.2, -0.15) is 16.8 Å². The normalized spacial score (nSPS) is 11.7. The van der Waals surface area contributed by atoms with Gasteiger partial charge in [0.25, 0.3) is 20.2 Å². The fourth-order valence-electron chi connectivity index (χ4n) is 3.10. The molecule has 0 fully saturated rings. The average molecular weight is 459 g/mol. The Morgan fingerprint density at radius 3 is 1.32 bits per heavy atom. The molecule has 0 saturated carbocycles. The maximum atomic E-state index is 12.6. The summed E-state index contributed by atoms with van der Waals surface area (Å²) in [5.74, 6) is 0. The minimum absolute atomic E-state index is 0.0539. The monoisotopic (exact) mass is 458 g/mol. The molecule has 0 radical (unpaired) electrons. The van der Waals surface area contributed by atoms with Crippen molar-refractivity contribution in [3.05, 3.63) is 84.9 Å². The summed E-state index contributed by atoms with van der Waals surface area (Å²) in [6.45, 7) is 1.04. The molecular formula is C22H18O7S2. The van der Waals surface area contributed by atoms with Crippen molar-refractivity contribution in [1.29, 1.82) is 0 Å². The molecule has 0 unspecified atom stereocenters. The van der Waals surface area contributed by atoms with Crippen LogP contribution in [-0.2, 0) is 33.4 Å². The van der Waals surface area contributed by atoms with Crippen LogP contribution in [0.5, 0.6) is 0 Å². The van der Waals surface area contributed by atoms with Gasteiger partial charge in [-0.3, -0.25) is 0 Å². The quantitative estimate of drug-likeness (QED) is 0.319. The summed E-state index contributed by atoms with van der Waals surface area (Å²) in [7, 11) is -8.45. The van der Waals surface area contributed by atoms with Gasteiger partial charge in [0.05, 0.1) is 0 Å². The Kier molecular flexibility index (Phi) is 6.81. The van der Waals surface area contributed by atoms with E-state index in [-0.39, 0.29) is 9.79 Å². The summed E-state index contributed by atoms with van der Waals surface area (Å²) in [6.07, 6.45) is 0. The minimum atomic E-state index is -4.22. The van der Waals surface area contributed by atoms with Gasteiger partial charge in [0, 0.05) is 10.8 Å². The maximum absolute atomic E-state index is 12.6. The van der Waals surface area contributed by atoms with Gasteiger partial charge in [0.2, 0.25) is 0 Å². The van der Waals surface area contributed by atoms with Crippen LogP contribution < -0.4 is 0 Å². The molecule has 0 aromatic heterocycles. The second-order valence-electron chi connectivity index (χ2n) is 6.22. The molecule has 9 heteroatoms. The molecule has 7 nitrogen and oxygen atoms in total. The highest BCUT2D eigenvalue weighted by Gasteiger charge is 2.22. The topological polar surface area (TPSA) is 104 Å². The highest BCUT2D eigenvalue weighted by molar-refractivity contribution is 7.87. The van der Waals surface area contributed by atoms with Crippen LogP contribution in [0.15, 0.2) is 94.7 Å². The Morgan fingerprint density at radius 2 is 0.903 bits per heavy atom. The lowest BCUT2D eigenvalue weighted by Gasteiger charge is -2.10. The molecule has 4 aromatic carbocycles. The minimum Gasteiger partial charge on any atom is -0.307 e. The molecule has 0 heterocycles. The second-order valence-corrected chi connectivity index (χ2v) is 9.38. The first-order valence-electron chi connectivity index (χ1n) is 8.92. The van der Waals surface area contributed by atoms with Crippen LogP contribution in [0.1, 0.15) is 0 Å². The summed E-state index contributed by atoms with van der Waals surface area (Å²) >= 11 is 0. The third-order valence-electron chi connectivity index (χ3n) is 4.44. The van der Waals surface area contributed by atoms with Crippen molar-refractivity contribution in [1.82, 2.24) is 0 Å². The zero-order valence-corrected chi connectivity index (χ0v) is 17.8. The van der Waals surface area contributed by atoms with Crippen molar-refractivity contribution >= 4 is 48.6 Å². The van der Waals surface area contributed by atoms with Crippen molar-refractivity contribution in [2.45, 2.75) is 9.79 Å². The van der Waals surface area contributed by atoms with Gasteiger partial charge in [0.15, 0.2) is 6.79 Å². The molecule has 160 valence electrons. The maximum Gasteiger partial charge on any atom is 0.299 e. The summed E-state index contributed by atoms with van der Waals surface area (Å²) in [5, 5.41) is 2.40. The number of hydrogen-bond donors (Lipinski definition) is 0. The van der Waals surface area contributed by atoms with E-state index in [1.165, 1.54) is 12.1 Å². The van der Waals surface area contributed by atoms with E-state index in [1.807, 2.05) is 6.79 Å². The van der Waals surface area contributed by atoms with Gasteiger partial charge in [-0.15, -0.1) is 0 Å². The van der Waals surface area contributed by atoms with Gasteiger partial charge >= 0.3 is 0 Å². The van der Waals surface area contributed by atoms with Crippen molar-refractivity contribution < 1.29 is 30.0 Å². The lowest BCUT2D eigenvalue weighted by atomic mass is 10.1. The molecule has 0 aliphatic rings. The third kappa shape index (κ3) is 4.80. The SMILES string of the molecule is C=O.O=S(=O)(OCOS(=O)(=O)c1cccc2ccccc12)c1cccc2ccccc12. The van der Waals surface area contributed by atoms with Gasteiger partial charge in [-0.05, 0) is 22.9 Å². The Labute approximate surface area is 180 Å². The summed E-state index contributed by atoms with van der Waals surface area (Å²) in [5.41, 5.74) is 0. The average Bonchev–Trinajstić information content (AvgIpc) is 2.79. The van der Waals surface area contributed by atoms with Crippen LogP contribution in [0, 0.1) is 0 Å². The Morgan fingerprint density at radius 1 is 0.548 bits per heavy atom. The molecule has 0 atom stereocenters. The summed E-state index contributed by atoms with van der Waals surface area (Å²) in [6, 6.07) is 23.4. The smallest absolute Gasteiger partial charge is 0.299 e. The number of carbonyl (C=O) groups excluding carboxylic acids is 1. The lowest BCUT2D eigenvalue weighted by molar-refractivity contribution is -0.0980. The fourth-order valence-corrected chi connectivity index (χ4v) is 5.17. The van der Waals surface area contributed by atoms with Crippen molar-refractivity contribution in [3.63, 3.8) is 0 Å². The van der Waals surface area contributed by atoms with E-state index in [2.05, 4.69) is 0 Å². The van der Waals surface area contributed by atoms with E-state index in [0.29, 0.717) is 10.8 Å². The number of fused-ring (bicyclic) bond motifs is 2. The van der Waals surface area contributed by atoms with Crippen LogP contribution in [-0.4, -0.2) is 30.4 Å². The molecule has 4 rings (SSSR count). The predicted molar refractivity (Wildman–Crippen MR) is 116 cm³/mol. The molecule has 0 spiro atoms.